The highest BCUT2D eigenvalue weighted by molar-refractivity contribution is 8.00. The van der Waals surface area contributed by atoms with Gasteiger partial charge in [-0.15, -0.1) is 11.8 Å². The molecule has 4 fully saturated rings. The van der Waals surface area contributed by atoms with Gasteiger partial charge in [0.25, 0.3) is 0 Å². The summed E-state index contributed by atoms with van der Waals surface area (Å²) in [5.74, 6) is 1.02. The number of likely N-dealkylation sites (tertiary alicyclic amines) is 1. The number of amides is 3. The monoisotopic (exact) mass is 627 g/mol. The standard InChI is InChI=1S/C34H49N3O6S/c1-4-16-44-28-18-30(42)37(32(28)43)15-7-5-6-8-29(41)36-35-22-13-14-33(2)21(17-22)9-10-23-24-11-12-25(27(40)20-38)34(24,3)19-26(39)31(23)33/h13-14,17,23-26,28,31,38-39H,4-12,15-16,18-20H2,1-3H3,(H,36,41)/b35-22+. The Hall–Kier alpha value is -2.30. The van der Waals surface area contributed by atoms with E-state index in [9.17, 15) is 29.4 Å². The maximum Gasteiger partial charge on any atom is 0.242 e. The van der Waals surface area contributed by atoms with Gasteiger partial charge in [-0.1, -0.05) is 38.8 Å². The number of allylic oxidation sites excluding steroid dienone is 4. The molecule has 0 radical (unpaired) electrons. The summed E-state index contributed by atoms with van der Waals surface area (Å²) in [7, 11) is 0. The minimum Gasteiger partial charge on any atom is -0.393 e. The Labute approximate surface area is 265 Å². The van der Waals surface area contributed by atoms with Gasteiger partial charge < -0.3 is 10.2 Å². The Balaban J connectivity index is 1.10. The van der Waals surface area contributed by atoms with Crippen LogP contribution in [0.2, 0.25) is 0 Å². The van der Waals surface area contributed by atoms with Crippen molar-refractivity contribution < 1.29 is 29.4 Å². The molecule has 3 amide bonds. The molecule has 5 aliphatic rings. The molecule has 242 valence electrons. The van der Waals surface area contributed by atoms with Crippen LogP contribution in [0.5, 0.6) is 0 Å². The van der Waals surface area contributed by atoms with Crippen LogP contribution >= 0.6 is 11.8 Å². The zero-order valence-electron chi connectivity index (χ0n) is 26.4. The molecule has 1 aliphatic heterocycles. The maximum atomic E-state index is 12.6. The van der Waals surface area contributed by atoms with Gasteiger partial charge in [0.05, 0.1) is 17.1 Å². The third kappa shape index (κ3) is 6.23. The van der Waals surface area contributed by atoms with E-state index in [0.29, 0.717) is 56.2 Å². The number of aliphatic hydroxyl groups is 2. The highest BCUT2D eigenvalue weighted by atomic mass is 32.2. The van der Waals surface area contributed by atoms with Gasteiger partial charge in [0.15, 0.2) is 5.78 Å². The third-order valence-electron chi connectivity index (χ3n) is 11.4. The number of rotatable bonds is 12. The molecule has 5 rings (SSSR count). The molecule has 4 aliphatic carbocycles. The van der Waals surface area contributed by atoms with Crippen LogP contribution in [0.1, 0.15) is 91.4 Å². The van der Waals surface area contributed by atoms with E-state index >= 15 is 0 Å². The summed E-state index contributed by atoms with van der Waals surface area (Å²) in [4.78, 5) is 51.2. The van der Waals surface area contributed by atoms with Gasteiger partial charge >= 0.3 is 0 Å². The Morgan fingerprint density at radius 1 is 1.16 bits per heavy atom. The van der Waals surface area contributed by atoms with Crippen molar-refractivity contribution in [1.82, 2.24) is 10.3 Å². The van der Waals surface area contributed by atoms with Crippen molar-refractivity contribution in [3.63, 3.8) is 0 Å². The summed E-state index contributed by atoms with van der Waals surface area (Å²) in [6.07, 6.45) is 13.5. The lowest BCUT2D eigenvalue weighted by molar-refractivity contribution is -0.141. The molecule has 1 heterocycles. The van der Waals surface area contributed by atoms with Crippen LogP contribution in [-0.2, 0) is 19.2 Å². The zero-order valence-corrected chi connectivity index (χ0v) is 27.2. The number of fused-ring (bicyclic) bond motifs is 5. The highest BCUT2D eigenvalue weighted by Gasteiger charge is 2.62. The predicted octanol–water partition coefficient (Wildman–Crippen LogP) is 4.18. The number of ketones is 1. The highest BCUT2D eigenvalue weighted by Crippen LogP contribution is 2.66. The molecule has 0 aromatic rings. The lowest BCUT2D eigenvalue weighted by atomic mass is 9.46. The average Bonchev–Trinajstić information content (AvgIpc) is 3.48. The number of hydrogen-bond acceptors (Lipinski definition) is 8. The second-order valence-electron chi connectivity index (χ2n) is 14.0. The van der Waals surface area contributed by atoms with Crippen LogP contribution in [0.15, 0.2) is 28.9 Å². The van der Waals surface area contributed by atoms with Crippen LogP contribution < -0.4 is 5.43 Å². The van der Waals surface area contributed by atoms with Gasteiger partial charge in [-0.3, -0.25) is 24.1 Å². The number of imide groups is 1. The number of nitrogens with one attached hydrogen (secondary N) is 1. The van der Waals surface area contributed by atoms with E-state index in [-0.39, 0.29) is 51.4 Å². The van der Waals surface area contributed by atoms with Crippen LogP contribution in [-0.4, -0.2) is 74.6 Å². The Bertz CT molecular complexity index is 1250. The number of aliphatic hydroxyl groups excluding tert-OH is 2. The lowest BCUT2D eigenvalue weighted by Crippen LogP contribution is -2.56. The van der Waals surface area contributed by atoms with Crippen molar-refractivity contribution in [3.8, 4) is 0 Å². The van der Waals surface area contributed by atoms with Crippen molar-refractivity contribution in [2.45, 2.75) is 103 Å². The number of hydrazone groups is 1. The van der Waals surface area contributed by atoms with Crippen LogP contribution in [0.4, 0.5) is 0 Å². The first kappa shape index (κ1) is 33.1. The second kappa shape index (κ2) is 13.6. The van der Waals surface area contributed by atoms with Gasteiger partial charge in [-0.2, -0.15) is 5.10 Å². The molecule has 3 N–H and O–H groups in total. The Morgan fingerprint density at radius 3 is 2.70 bits per heavy atom. The third-order valence-corrected chi connectivity index (χ3v) is 12.8. The van der Waals surface area contributed by atoms with Crippen molar-refractivity contribution >= 4 is 41.0 Å². The molecule has 0 bridgehead atoms. The van der Waals surface area contributed by atoms with Crippen LogP contribution in [0.25, 0.3) is 0 Å². The molecule has 3 saturated carbocycles. The number of carbonyl (C=O) groups is 4. The van der Waals surface area contributed by atoms with E-state index in [0.717, 1.165) is 44.3 Å². The van der Waals surface area contributed by atoms with Gasteiger partial charge in [0, 0.05) is 36.6 Å². The van der Waals surface area contributed by atoms with E-state index in [1.807, 2.05) is 6.08 Å². The fourth-order valence-corrected chi connectivity index (χ4v) is 10.3. The van der Waals surface area contributed by atoms with Crippen molar-refractivity contribution in [3.05, 3.63) is 23.8 Å². The molecule has 8 unspecified atom stereocenters. The van der Waals surface area contributed by atoms with Gasteiger partial charge in [0.1, 0.15) is 6.61 Å². The van der Waals surface area contributed by atoms with Gasteiger partial charge in [-0.05, 0) is 86.5 Å². The summed E-state index contributed by atoms with van der Waals surface area (Å²) in [6, 6.07) is 0. The number of nitrogens with zero attached hydrogens (tertiary/aromatic N) is 2. The summed E-state index contributed by atoms with van der Waals surface area (Å²) in [6.45, 7) is 6.40. The van der Waals surface area contributed by atoms with E-state index in [2.05, 4.69) is 43.5 Å². The number of Topliss-reactive ketones (excluding diaryl/α,β-unsaturated/α-hetero) is 1. The molecule has 0 spiro atoms. The first-order valence-electron chi connectivity index (χ1n) is 16.6. The fraction of sp³-hybridized carbons (Fsp3) is 0.735. The van der Waals surface area contributed by atoms with Crippen LogP contribution in [0, 0.1) is 34.5 Å². The summed E-state index contributed by atoms with van der Waals surface area (Å²) in [5.41, 5.74) is 4.02. The SMILES string of the molecule is CCCSC1CC(=O)N(CCCCCC(=O)N/N=C2\C=CC3(C)C(=C2)CCC2C3C(O)CC3(C)C(C(=O)CO)CCC23)C1=O. The molecule has 44 heavy (non-hydrogen) atoms. The van der Waals surface area contributed by atoms with Gasteiger partial charge in [-0.25, -0.2) is 5.43 Å². The molecule has 8 atom stereocenters. The number of carbonyl (C=O) groups excluding carboxylic acids is 4. The predicted molar refractivity (Wildman–Crippen MR) is 171 cm³/mol. The minimum atomic E-state index is -0.534. The van der Waals surface area contributed by atoms with Crippen molar-refractivity contribution in [2.24, 2.45) is 39.6 Å². The number of hydrogen-bond donors (Lipinski definition) is 3. The summed E-state index contributed by atoms with van der Waals surface area (Å²) >= 11 is 1.57. The molecule has 1 saturated heterocycles. The topological polar surface area (TPSA) is 136 Å². The number of unbranched alkanes of at least 4 members (excludes halogenated alkanes) is 2. The zero-order chi connectivity index (χ0) is 31.6. The fourth-order valence-electron chi connectivity index (χ4n) is 9.24. The van der Waals surface area contributed by atoms with Crippen molar-refractivity contribution in [2.75, 3.05) is 18.9 Å². The average molecular weight is 628 g/mol. The van der Waals surface area contributed by atoms with E-state index in [1.54, 1.807) is 11.8 Å². The lowest BCUT2D eigenvalue weighted by Gasteiger charge is -2.58. The Morgan fingerprint density at radius 2 is 1.95 bits per heavy atom. The molecule has 10 heteroatoms. The van der Waals surface area contributed by atoms with Crippen LogP contribution in [0.3, 0.4) is 0 Å². The maximum absolute atomic E-state index is 12.6. The largest absolute Gasteiger partial charge is 0.393 e. The first-order chi connectivity index (χ1) is 21.0. The normalized spacial score (nSPS) is 37.1. The summed E-state index contributed by atoms with van der Waals surface area (Å²) in [5, 5.41) is 25.2. The molecular formula is C34H49N3O6S. The van der Waals surface area contributed by atoms with Gasteiger partial charge in [0.2, 0.25) is 17.7 Å². The van der Waals surface area contributed by atoms with E-state index < -0.39 is 12.7 Å². The Kier molecular flexibility index (Phi) is 10.2. The first-order valence-corrected chi connectivity index (χ1v) is 17.6. The molecule has 0 aromatic heterocycles. The molecule has 0 aromatic carbocycles. The molecule has 9 nitrogen and oxygen atoms in total. The summed E-state index contributed by atoms with van der Waals surface area (Å²) < 4.78 is 0. The molecular weight excluding hydrogens is 578 g/mol. The quantitative estimate of drug-likeness (QED) is 0.168. The van der Waals surface area contributed by atoms with E-state index in [4.69, 9.17) is 0 Å². The van der Waals surface area contributed by atoms with E-state index in [1.165, 1.54) is 10.5 Å². The van der Waals surface area contributed by atoms with Crippen molar-refractivity contribution in [1.29, 1.82) is 0 Å². The minimum absolute atomic E-state index is 0.0584. The second-order valence-corrected chi connectivity index (χ2v) is 15.3. The smallest absolute Gasteiger partial charge is 0.242 e. The number of thioether (sulfide) groups is 1.